The van der Waals surface area contributed by atoms with Crippen LogP contribution in [-0.2, 0) is 70.2 Å². The summed E-state index contributed by atoms with van der Waals surface area (Å²) in [5.74, 6) is -7.68. The summed E-state index contributed by atoms with van der Waals surface area (Å²) in [6.07, 6.45) is -13.2. The van der Waals surface area contributed by atoms with Crippen LogP contribution in [0.1, 0.15) is 186 Å². The van der Waals surface area contributed by atoms with E-state index in [9.17, 15) is 75.0 Å². The van der Waals surface area contributed by atoms with E-state index in [4.69, 9.17) is 33.2 Å². The number of benzene rings is 2. The number of carbonyl (C=O) groups excluding carboxylic acids is 5. The van der Waals surface area contributed by atoms with Crippen LogP contribution < -0.4 is 0 Å². The molecular formula is C81H136N4O22. The number of hydrogen-bond donors (Lipinski definition) is 10. The first kappa shape index (κ1) is 92.9. The van der Waals surface area contributed by atoms with Crippen LogP contribution in [0.4, 0.5) is 0 Å². The minimum atomic E-state index is -1.83. The highest BCUT2D eigenvalue weighted by Crippen LogP contribution is 2.40. The summed E-state index contributed by atoms with van der Waals surface area (Å²) in [7, 11) is 8.93. The van der Waals surface area contributed by atoms with Gasteiger partial charge in [0.05, 0.1) is 72.1 Å². The molecule has 2 aromatic rings. The number of likely N-dealkylation sites (N-methyl/N-ethyl adjacent to an activating group) is 4. The molecule has 26 nitrogen and oxygen atoms in total. The molecule has 4 heterocycles. The molecule has 1 amide bonds. The third kappa shape index (κ3) is 24.9. The zero-order valence-electron chi connectivity index (χ0n) is 67.8. The number of amides is 1. The highest BCUT2D eigenvalue weighted by atomic mass is 16.7. The molecule has 0 bridgehead atoms. The van der Waals surface area contributed by atoms with Crippen LogP contribution in [0.15, 0.2) is 60.7 Å². The number of aliphatic hydroxyl groups is 10. The molecule has 107 heavy (non-hydrogen) atoms. The zero-order chi connectivity index (χ0) is 80.7. The fraction of sp³-hybridized carbons (Fsp3) is 0.790. The smallest absolute Gasteiger partial charge is 0.311 e. The highest BCUT2D eigenvalue weighted by molar-refractivity contribution is 5.86. The Bertz CT molecular complexity index is 3050. The predicted molar refractivity (Wildman–Crippen MR) is 402 cm³/mol. The number of esters is 3. The SMILES string of the molecule is CC[C@H]1OC(=O)[C@H](C)[C@@H](O)[C@H](C)[C@@H](O[C@@H]2O[C@H](C)C[C@H](N(C)C(=O)CC[C@@H](CC(=O)OCc3ccccc3)C(=O)CCc3ccccc3)[C@H]2O)[C@](C)(O)C[C@@H](C)CN(C)[C@H](C)[C@@H](O)[C@]1(C)O.CC[C@H]1OC(=O)[C@H](C)[C@@H](O)[C@H](C)[C@@H](O[C@@H]2O[C@H](C)C[C@H](N(C)C)[C@H]2O)[C@](C)(O)C[C@@H](C)CN(C)[C@H](C)[C@@H](O)[C@]1(C)O. The molecule has 0 saturated carbocycles. The van der Waals surface area contributed by atoms with Gasteiger partial charge in [0.15, 0.2) is 12.6 Å². The van der Waals surface area contributed by atoms with E-state index < -0.39 is 168 Å². The average Bonchev–Trinajstić information content (AvgIpc) is 1.71. The van der Waals surface area contributed by atoms with Crippen LogP contribution in [-0.4, -0.2) is 281 Å². The fourth-order valence-electron chi connectivity index (χ4n) is 16.5. The first-order valence-corrected chi connectivity index (χ1v) is 38.8. The van der Waals surface area contributed by atoms with Crippen LogP contribution in [0.3, 0.4) is 0 Å². The first-order valence-electron chi connectivity index (χ1n) is 38.8. The molecule has 4 fully saturated rings. The van der Waals surface area contributed by atoms with Crippen LogP contribution in [0.2, 0.25) is 0 Å². The molecule has 6 rings (SSSR count). The summed E-state index contributed by atoms with van der Waals surface area (Å²) >= 11 is 0. The monoisotopic (exact) mass is 1520 g/mol. The molecule has 10 N–H and O–H groups in total. The van der Waals surface area contributed by atoms with Gasteiger partial charge in [0.1, 0.15) is 60.2 Å². The lowest BCUT2D eigenvalue weighted by Crippen LogP contribution is -2.60. The van der Waals surface area contributed by atoms with Crippen molar-refractivity contribution < 1.29 is 108 Å². The molecule has 4 aliphatic rings. The van der Waals surface area contributed by atoms with E-state index in [1.165, 1.54) is 32.6 Å². The molecular weight excluding hydrogens is 1380 g/mol. The first-order chi connectivity index (χ1) is 49.7. The van der Waals surface area contributed by atoms with Crippen molar-refractivity contribution in [3.63, 3.8) is 0 Å². The van der Waals surface area contributed by atoms with Crippen molar-refractivity contribution in [1.29, 1.82) is 0 Å². The quantitative estimate of drug-likeness (QED) is 0.0606. The molecule has 26 heteroatoms. The van der Waals surface area contributed by atoms with E-state index in [0.29, 0.717) is 25.9 Å². The van der Waals surface area contributed by atoms with Crippen LogP contribution in [0.5, 0.6) is 0 Å². The van der Waals surface area contributed by atoms with Gasteiger partial charge >= 0.3 is 17.9 Å². The number of aliphatic hydroxyl groups excluding tert-OH is 6. The average molecular weight is 1520 g/mol. The predicted octanol–water partition coefficient (Wildman–Crippen LogP) is 5.58. The maximum atomic E-state index is 14.0. The number of Topliss-reactive ketones (excluding diaryl/α,β-unsaturated/α-hetero) is 1. The van der Waals surface area contributed by atoms with Crippen molar-refractivity contribution in [2.75, 3.05) is 48.3 Å². The number of cyclic esters (lactones) is 2. The van der Waals surface area contributed by atoms with E-state index in [-0.39, 0.29) is 100 Å². The highest BCUT2D eigenvalue weighted by Gasteiger charge is 2.53. The Hall–Kier alpha value is -4.69. The lowest BCUT2D eigenvalue weighted by Gasteiger charge is -2.47. The molecule has 4 saturated heterocycles. The molecule has 0 aromatic heterocycles. The number of ketones is 1. The Balaban J connectivity index is 0.000000429. The molecule has 0 spiro atoms. The second-order valence-corrected chi connectivity index (χ2v) is 33.3. The van der Waals surface area contributed by atoms with E-state index in [1.54, 1.807) is 76.4 Å². The summed E-state index contributed by atoms with van der Waals surface area (Å²) in [5, 5.41) is 116. The fourth-order valence-corrected chi connectivity index (χ4v) is 16.5. The van der Waals surface area contributed by atoms with Gasteiger partial charge in [0.2, 0.25) is 5.91 Å². The van der Waals surface area contributed by atoms with Crippen LogP contribution >= 0.6 is 0 Å². The topological polar surface area (TPSA) is 365 Å². The van der Waals surface area contributed by atoms with Gasteiger partial charge in [0.25, 0.3) is 0 Å². The summed E-state index contributed by atoms with van der Waals surface area (Å²) in [6, 6.07) is 16.6. The molecule has 612 valence electrons. The van der Waals surface area contributed by atoms with Gasteiger partial charge in [-0.25, -0.2) is 0 Å². The minimum Gasteiger partial charge on any atom is -0.461 e. The maximum absolute atomic E-state index is 14.0. The normalized spacial score (nSPS) is 39.9. The molecule has 2 aromatic carbocycles. The van der Waals surface area contributed by atoms with Gasteiger partial charge in [-0.05, 0) is 172 Å². The number of carbonyl (C=O) groups is 5. The molecule has 29 atom stereocenters. The summed E-state index contributed by atoms with van der Waals surface area (Å²) in [4.78, 5) is 74.8. The van der Waals surface area contributed by atoms with E-state index >= 15 is 0 Å². The van der Waals surface area contributed by atoms with Crippen LogP contribution in [0, 0.1) is 41.4 Å². The van der Waals surface area contributed by atoms with Gasteiger partial charge in [-0.2, -0.15) is 0 Å². The molecule has 4 aliphatic heterocycles. The lowest BCUT2D eigenvalue weighted by molar-refractivity contribution is -0.299. The number of hydrogen-bond acceptors (Lipinski definition) is 25. The molecule has 0 radical (unpaired) electrons. The van der Waals surface area contributed by atoms with E-state index in [1.807, 2.05) is 117 Å². The second kappa shape index (κ2) is 40.7. The standard InChI is InChI=1S/C51H78N2O13.C30H58N2O9/c1-11-41-51(8,62)46(59)35(6)52(9)29-31(2)28-50(7,61)47(33(4)44(57)34(5)48(60)65-41)66-49-45(58)39(26-32(3)64-49)53(10)42(55)25-23-38(40(54)24-22-36-18-14-12-15-19-36)27-43(56)63-30-37-20-16-13-17-21-37;1-12-22-30(8,38)25(35)20(6)32(11)15-16(2)14-29(7,37)26(18(4)23(33)19(5)27(36)40-22)41-28-24(34)21(31(9)10)13-17(3)39-28/h12-21,31-35,38-39,41,44-47,49,57-59,61-62H,11,22-30H2,1-10H3;16-26,28,33-35,37-38H,12-15H2,1-11H3/t31-,32-,33+,34-,35-,38+,39+,41-,44+,45-,46-,47-,49+,50-,51-;16-,17-,18+,19-,20-,21+,22-,23+,24-,25-,26-,28+,29-,30-/m11/s1. The third-order valence-corrected chi connectivity index (χ3v) is 23.5. The van der Waals surface area contributed by atoms with Crippen molar-refractivity contribution in [3.8, 4) is 0 Å². The number of ether oxygens (including phenoxy) is 7. The van der Waals surface area contributed by atoms with Gasteiger partial charge in [-0.15, -0.1) is 0 Å². The van der Waals surface area contributed by atoms with Crippen molar-refractivity contribution in [3.05, 3.63) is 71.8 Å². The van der Waals surface area contributed by atoms with Gasteiger partial charge in [0, 0.05) is 68.9 Å². The minimum absolute atomic E-state index is 0.0547. The van der Waals surface area contributed by atoms with Crippen molar-refractivity contribution in [1.82, 2.24) is 19.6 Å². The lowest BCUT2D eigenvalue weighted by atomic mass is 9.78. The Labute approximate surface area is 636 Å². The van der Waals surface area contributed by atoms with E-state index in [2.05, 4.69) is 0 Å². The molecule has 0 aliphatic carbocycles. The maximum Gasteiger partial charge on any atom is 0.311 e. The number of nitrogens with zero attached hydrogens (tertiary/aromatic N) is 4. The second-order valence-electron chi connectivity index (χ2n) is 33.3. The van der Waals surface area contributed by atoms with Crippen molar-refractivity contribution >= 4 is 29.6 Å². The Morgan fingerprint density at radius 3 is 1.36 bits per heavy atom. The summed E-state index contributed by atoms with van der Waals surface area (Å²) < 4.78 is 42.1. The van der Waals surface area contributed by atoms with Gasteiger partial charge in [-0.1, -0.05) is 102 Å². The van der Waals surface area contributed by atoms with Crippen molar-refractivity contribution in [2.45, 2.75) is 320 Å². The third-order valence-electron chi connectivity index (χ3n) is 23.5. The largest absolute Gasteiger partial charge is 0.461 e. The van der Waals surface area contributed by atoms with E-state index in [0.717, 1.165) is 11.1 Å². The Kier molecular flexibility index (Phi) is 35.3. The van der Waals surface area contributed by atoms with Crippen molar-refractivity contribution in [2.24, 2.45) is 41.4 Å². The summed E-state index contributed by atoms with van der Waals surface area (Å²) in [6.45, 7) is 27.9. The van der Waals surface area contributed by atoms with Gasteiger partial charge in [-0.3, -0.25) is 24.0 Å². The Morgan fingerprint density at radius 1 is 0.570 bits per heavy atom. The number of aryl methyl sites for hydroxylation is 1. The summed E-state index contributed by atoms with van der Waals surface area (Å²) in [5.41, 5.74) is -4.98. The zero-order valence-corrected chi connectivity index (χ0v) is 67.8. The van der Waals surface area contributed by atoms with Crippen LogP contribution in [0.25, 0.3) is 0 Å². The number of rotatable bonds is 19. The molecule has 0 unspecified atom stereocenters. The van der Waals surface area contributed by atoms with Gasteiger partial charge < -0.3 is 104 Å². The Morgan fingerprint density at radius 2 is 0.963 bits per heavy atom.